The average molecular weight is 555 g/mol. The zero-order valence-corrected chi connectivity index (χ0v) is 25.9. The van der Waals surface area contributed by atoms with Crippen LogP contribution in [0.3, 0.4) is 0 Å². The summed E-state index contributed by atoms with van der Waals surface area (Å²) in [6.07, 6.45) is 7.20. The predicted molar refractivity (Wildman–Crippen MR) is 184 cm³/mol. The van der Waals surface area contributed by atoms with Gasteiger partial charge in [0.05, 0.1) is 0 Å². The highest BCUT2D eigenvalue weighted by Crippen LogP contribution is 2.42. The monoisotopic (exact) mass is 554 g/mol. The molecule has 0 N–H and O–H groups in total. The zero-order valence-electron chi connectivity index (χ0n) is 25.1. The normalized spacial score (nSPS) is 12.1. The van der Waals surface area contributed by atoms with Crippen LogP contribution < -0.4 is 15.9 Å². The molecule has 0 amide bonds. The number of rotatable bonds is 11. The zero-order chi connectivity index (χ0) is 28.6. The van der Waals surface area contributed by atoms with Crippen molar-refractivity contribution in [3.05, 3.63) is 133 Å². The first-order chi connectivity index (χ1) is 20.0. The van der Waals surface area contributed by atoms with E-state index < -0.39 is 7.92 Å². The van der Waals surface area contributed by atoms with Gasteiger partial charge in [-0.3, -0.25) is 0 Å². The van der Waals surface area contributed by atoms with E-state index in [1.54, 1.807) is 0 Å². The second-order valence-electron chi connectivity index (χ2n) is 11.9. The molecule has 208 valence electrons. The molecule has 0 nitrogen and oxygen atoms in total. The molecule has 0 heterocycles. The topological polar surface area (TPSA) is 0 Å². The summed E-state index contributed by atoms with van der Waals surface area (Å²) < 4.78 is 0. The molecule has 0 aliphatic carbocycles. The quantitative estimate of drug-likeness (QED) is 0.142. The van der Waals surface area contributed by atoms with Gasteiger partial charge in [0, 0.05) is 0 Å². The highest BCUT2D eigenvalue weighted by Gasteiger charge is 2.23. The van der Waals surface area contributed by atoms with E-state index in [2.05, 4.69) is 155 Å². The van der Waals surface area contributed by atoms with Crippen molar-refractivity contribution < 1.29 is 0 Å². The lowest BCUT2D eigenvalue weighted by Gasteiger charge is -2.25. The van der Waals surface area contributed by atoms with Crippen LogP contribution in [0.4, 0.5) is 0 Å². The molecule has 5 aromatic carbocycles. The summed E-state index contributed by atoms with van der Waals surface area (Å²) in [5, 5.41) is 6.83. The van der Waals surface area contributed by atoms with Gasteiger partial charge in [0.1, 0.15) is 0 Å². The highest BCUT2D eigenvalue weighted by molar-refractivity contribution is 7.80. The maximum Gasteiger partial charge on any atom is -0.00235 e. The smallest absolute Gasteiger partial charge is 0.00235 e. The van der Waals surface area contributed by atoms with Crippen molar-refractivity contribution in [3.8, 4) is 11.1 Å². The summed E-state index contributed by atoms with van der Waals surface area (Å²) >= 11 is 0. The molecule has 0 aliphatic heterocycles. The van der Waals surface area contributed by atoms with Crippen LogP contribution in [0, 0.1) is 11.8 Å². The van der Waals surface area contributed by atoms with Gasteiger partial charge in [0.15, 0.2) is 0 Å². The van der Waals surface area contributed by atoms with Crippen molar-refractivity contribution >= 4 is 40.2 Å². The third-order valence-corrected chi connectivity index (χ3v) is 10.3. The molecular formula is C40H43P. The van der Waals surface area contributed by atoms with E-state index in [4.69, 9.17) is 0 Å². The highest BCUT2D eigenvalue weighted by atomic mass is 31.1. The van der Waals surface area contributed by atoms with Crippen LogP contribution in [0.2, 0.25) is 0 Å². The molecule has 0 saturated heterocycles. The Balaban J connectivity index is 1.77. The summed E-state index contributed by atoms with van der Waals surface area (Å²) in [4.78, 5) is 0. The Labute approximate surface area is 248 Å². The van der Waals surface area contributed by atoms with Gasteiger partial charge < -0.3 is 0 Å². The van der Waals surface area contributed by atoms with Gasteiger partial charge in [0.2, 0.25) is 0 Å². The fraction of sp³-hybridized carbons (Fsp3) is 0.250. The molecule has 5 aromatic rings. The van der Waals surface area contributed by atoms with Gasteiger partial charge in [-0.2, -0.15) is 0 Å². The Morgan fingerprint density at radius 3 is 1.85 bits per heavy atom. The minimum atomic E-state index is -0.735. The van der Waals surface area contributed by atoms with Crippen molar-refractivity contribution in [1.29, 1.82) is 0 Å². The molecule has 0 aliphatic rings. The van der Waals surface area contributed by atoms with Crippen molar-refractivity contribution in [2.45, 2.75) is 53.4 Å². The number of fused-ring (bicyclic) bond motifs is 1. The van der Waals surface area contributed by atoms with Crippen molar-refractivity contribution in [3.63, 3.8) is 0 Å². The first-order valence-electron chi connectivity index (χ1n) is 15.2. The van der Waals surface area contributed by atoms with E-state index in [-0.39, 0.29) is 0 Å². The largest absolute Gasteiger partial charge is 0.0807 e. The van der Waals surface area contributed by atoms with Gasteiger partial charge in [-0.25, -0.2) is 0 Å². The number of hydrogen-bond acceptors (Lipinski definition) is 0. The molecule has 0 unspecified atom stereocenters. The second-order valence-corrected chi connectivity index (χ2v) is 14.1. The summed E-state index contributed by atoms with van der Waals surface area (Å²) in [5.74, 6) is 1.37. The first kappa shape index (κ1) is 29.0. The van der Waals surface area contributed by atoms with Crippen molar-refractivity contribution in [2.24, 2.45) is 11.8 Å². The molecule has 0 fully saturated rings. The van der Waals surface area contributed by atoms with Crippen LogP contribution in [-0.2, 0) is 0 Å². The number of hydrogen-bond donors (Lipinski definition) is 0. The Morgan fingerprint density at radius 2 is 1.20 bits per heavy atom. The van der Waals surface area contributed by atoms with Crippen LogP contribution in [0.15, 0.2) is 127 Å². The molecule has 0 bridgehead atoms. The van der Waals surface area contributed by atoms with Gasteiger partial charge >= 0.3 is 0 Å². The molecular weight excluding hydrogens is 511 g/mol. The Kier molecular flexibility index (Phi) is 9.87. The summed E-state index contributed by atoms with van der Waals surface area (Å²) in [6, 6.07) is 45.1. The Bertz CT molecular complexity index is 1540. The fourth-order valence-corrected chi connectivity index (χ4v) is 8.13. The van der Waals surface area contributed by atoms with Crippen molar-refractivity contribution in [2.75, 3.05) is 0 Å². The maximum absolute atomic E-state index is 2.55. The van der Waals surface area contributed by atoms with E-state index in [9.17, 15) is 0 Å². The Hall–Kier alpha value is -3.47. The van der Waals surface area contributed by atoms with Crippen LogP contribution in [0.5, 0.6) is 0 Å². The first-order valence-corrected chi connectivity index (χ1v) is 16.6. The lowest BCUT2D eigenvalue weighted by Crippen LogP contribution is -2.22. The van der Waals surface area contributed by atoms with Gasteiger partial charge in [0.25, 0.3) is 0 Å². The predicted octanol–water partition coefficient (Wildman–Crippen LogP) is 10.5. The molecule has 0 radical (unpaired) electrons. The Morgan fingerprint density at radius 1 is 0.610 bits per heavy atom. The minimum absolute atomic E-state index is 0.670. The van der Waals surface area contributed by atoms with Crippen LogP contribution >= 0.6 is 7.92 Å². The fourth-order valence-electron chi connectivity index (χ4n) is 5.67. The van der Waals surface area contributed by atoms with E-state index in [0.29, 0.717) is 11.8 Å². The molecule has 0 spiro atoms. The van der Waals surface area contributed by atoms with Gasteiger partial charge in [-0.15, -0.1) is 0 Å². The minimum Gasteiger partial charge on any atom is -0.0807 e. The molecule has 0 saturated carbocycles. The SMILES string of the molecule is CC(C)CC/C=C(\CCC(C)C)c1ccc2ccccc2c1-c1ccccc1P(c1ccccc1)c1ccccc1. The van der Waals surface area contributed by atoms with Crippen LogP contribution in [0.1, 0.15) is 58.9 Å². The van der Waals surface area contributed by atoms with E-state index in [0.717, 1.165) is 12.8 Å². The van der Waals surface area contributed by atoms with E-state index in [1.807, 2.05) is 0 Å². The number of allylic oxidation sites excluding steroid dienone is 2. The molecule has 0 atom stereocenters. The third-order valence-electron chi connectivity index (χ3n) is 7.84. The third kappa shape index (κ3) is 7.06. The van der Waals surface area contributed by atoms with E-state index in [1.165, 1.54) is 61.8 Å². The summed E-state index contributed by atoms with van der Waals surface area (Å²) in [5.41, 5.74) is 5.64. The maximum atomic E-state index is 2.55. The molecule has 41 heavy (non-hydrogen) atoms. The number of benzene rings is 5. The van der Waals surface area contributed by atoms with Crippen LogP contribution in [0.25, 0.3) is 27.5 Å². The lowest BCUT2D eigenvalue weighted by atomic mass is 9.86. The molecule has 0 aromatic heterocycles. The van der Waals surface area contributed by atoms with Gasteiger partial charge in [-0.1, -0.05) is 155 Å². The van der Waals surface area contributed by atoms with E-state index >= 15 is 0 Å². The van der Waals surface area contributed by atoms with Crippen LogP contribution in [-0.4, -0.2) is 0 Å². The summed E-state index contributed by atoms with van der Waals surface area (Å²) in [7, 11) is -0.735. The molecule has 1 heteroatoms. The second kappa shape index (κ2) is 13.9. The lowest BCUT2D eigenvalue weighted by molar-refractivity contribution is 0.588. The standard InChI is InChI=1S/C40H43P/c1-30(2)16-15-18-33(27-26-31(3)4)37-29-28-32-17-11-12-23-36(32)40(37)38-24-13-14-25-39(38)41(34-19-7-5-8-20-34)35-21-9-6-10-22-35/h5-14,17-25,28-31H,15-16,26-27H2,1-4H3/b33-18+. The van der Waals surface area contributed by atoms with Crippen molar-refractivity contribution in [1.82, 2.24) is 0 Å². The average Bonchev–Trinajstić information content (AvgIpc) is 3.00. The molecule has 5 rings (SSSR count). The van der Waals surface area contributed by atoms with Gasteiger partial charge in [-0.05, 0) is 94.4 Å². The summed E-state index contributed by atoms with van der Waals surface area (Å²) in [6.45, 7) is 9.34.